The Labute approximate surface area is 122 Å². The molecule has 0 aliphatic heterocycles. The number of hydrogen-bond acceptors (Lipinski definition) is 6. The maximum absolute atomic E-state index is 5.88. The second-order valence-electron chi connectivity index (χ2n) is 4.97. The Balaban J connectivity index is 2.01. The summed E-state index contributed by atoms with van der Waals surface area (Å²) in [6.07, 6.45) is 5.91. The summed E-state index contributed by atoms with van der Waals surface area (Å²) in [4.78, 5) is 12.2. The molecular formula is C12H19ClN4OS. The molecular weight excluding hydrogens is 284 g/mol. The molecule has 1 aliphatic carbocycles. The SMILES string of the molecule is CSC1(CNc2nc(Cl)nc(OC(C)C)n2)CCC1. The molecule has 1 fully saturated rings. The van der Waals surface area contributed by atoms with E-state index in [1.165, 1.54) is 19.3 Å². The molecule has 7 heteroatoms. The number of aromatic nitrogens is 3. The monoisotopic (exact) mass is 302 g/mol. The van der Waals surface area contributed by atoms with Crippen molar-refractivity contribution in [2.24, 2.45) is 0 Å². The van der Waals surface area contributed by atoms with Crippen LogP contribution in [0.3, 0.4) is 0 Å². The van der Waals surface area contributed by atoms with E-state index in [9.17, 15) is 0 Å². The van der Waals surface area contributed by atoms with Gasteiger partial charge in [-0.05, 0) is 44.5 Å². The van der Waals surface area contributed by atoms with Gasteiger partial charge in [0.1, 0.15) is 0 Å². The Morgan fingerprint density at radius 3 is 2.63 bits per heavy atom. The summed E-state index contributed by atoms with van der Waals surface area (Å²) in [5.41, 5.74) is 0. The highest BCUT2D eigenvalue weighted by Gasteiger charge is 2.36. The number of hydrogen-bond donors (Lipinski definition) is 1. The normalized spacial score (nSPS) is 17.1. The van der Waals surface area contributed by atoms with E-state index in [2.05, 4.69) is 26.5 Å². The molecule has 0 saturated heterocycles. The van der Waals surface area contributed by atoms with Gasteiger partial charge in [-0.15, -0.1) is 0 Å². The van der Waals surface area contributed by atoms with Crippen LogP contribution in [0.2, 0.25) is 5.28 Å². The predicted molar refractivity (Wildman–Crippen MR) is 79.2 cm³/mol. The van der Waals surface area contributed by atoms with E-state index in [4.69, 9.17) is 16.3 Å². The number of nitrogens with one attached hydrogen (secondary N) is 1. The van der Waals surface area contributed by atoms with E-state index in [-0.39, 0.29) is 17.4 Å². The number of nitrogens with zero attached hydrogens (tertiary/aromatic N) is 3. The van der Waals surface area contributed by atoms with E-state index in [1.54, 1.807) is 0 Å². The van der Waals surface area contributed by atoms with Crippen LogP contribution in [0.25, 0.3) is 0 Å². The van der Waals surface area contributed by atoms with Gasteiger partial charge in [-0.25, -0.2) is 0 Å². The maximum atomic E-state index is 5.88. The van der Waals surface area contributed by atoms with Gasteiger partial charge in [-0.1, -0.05) is 6.42 Å². The molecule has 1 N–H and O–H groups in total. The third-order valence-electron chi connectivity index (χ3n) is 3.20. The molecule has 2 rings (SSSR count). The smallest absolute Gasteiger partial charge is 0.322 e. The van der Waals surface area contributed by atoms with Crippen LogP contribution >= 0.6 is 23.4 Å². The topological polar surface area (TPSA) is 59.9 Å². The van der Waals surface area contributed by atoms with Crippen molar-refractivity contribution < 1.29 is 4.74 Å². The van der Waals surface area contributed by atoms with Gasteiger partial charge in [-0.2, -0.15) is 26.7 Å². The average molecular weight is 303 g/mol. The van der Waals surface area contributed by atoms with Gasteiger partial charge in [-0.3, -0.25) is 0 Å². The lowest BCUT2D eigenvalue weighted by Gasteiger charge is -2.40. The molecule has 0 spiro atoms. The van der Waals surface area contributed by atoms with E-state index in [0.717, 1.165) is 6.54 Å². The number of rotatable bonds is 6. The molecule has 1 saturated carbocycles. The Morgan fingerprint density at radius 1 is 1.37 bits per heavy atom. The highest BCUT2D eigenvalue weighted by atomic mass is 35.5. The zero-order valence-corrected chi connectivity index (χ0v) is 13.0. The molecule has 0 atom stereocenters. The molecule has 0 amide bonds. The van der Waals surface area contributed by atoms with Crippen molar-refractivity contribution >= 4 is 29.3 Å². The summed E-state index contributed by atoms with van der Waals surface area (Å²) in [7, 11) is 0. The zero-order chi connectivity index (χ0) is 13.9. The molecule has 5 nitrogen and oxygen atoms in total. The Bertz CT molecular complexity index is 434. The highest BCUT2D eigenvalue weighted by molar-refractivity contribution is 8.00. The van der Waals surface area contributed by atoms with E-state index < -0.39 is 0 Å². The van der Waals surface area contributed by atoms with Crippen molar-refractivity contribution in [3.63, 3.8) is 0 Å². The summed E-state index contributed by atoms with van der Waals surface area (Å²) in [6, 6.07) is 0.268. The fourth-order valence-electron chi connectivity index (χ4n) is 1.94. The van der Waals surface area contributed by atoms with E-state index in [0.29, 0.717) is 10.7 Å². The summed E-state index contributed by atoms with van der Waals surface area (Å²) in [5.74, 6) is 0.482. The van der Waals surface area contributed by atoms with E-state index in [1.807, 2.05) is 25.6 Å². The van der Waals surface area contributed by atoms with Gasteiger partial charge in [0, 0.05) is 11.3 Å². The highest BCUT2D eigenvalue weighted by Crippen LogP contribution is 2.42. The molecule has 106 valence electrons. The second-order valence-corrected chi connectivity index (χ2v) is 6.58. The molecule has 0 unspecified atom stereocenters. The standard InChI is InChI=1S/C12H19ClN4OS/c1-8(2)18-11-16-9(13)15-10(17-11)14-7-12(19-3)5-4-6-12/h8H,4-7H2,1-3H3,(H,14,15,16,17). The Hall–Kier alpha value is -0.750. The molecule has 1 aromatic heterocycles. The molecule has 19 heavy (non-hydrogen) atoms. The lowest BCUT2D eigenvalue weighted by atomic mass is 9.84. The fourth-order valence-corrected chi connectivity index (χ4v) is 3.00. The van der Waals surface area contributed by atoms with Gasteiger partial charge < -0.3 is 10.1 Å². The summed E-state index contributed by atoms with van der Waals surface area (Å²) in [6.45, 7) is 4.68. The van der Waals surface area contributed by atoms with Crippen molar-refractivity contribution in [3.05, 3.63) is 5.28 Å². The molecule has 0 aromatic carbocycles. The molecule has 1 aliphatic rings. The van der Waals surface area contributed by atoms with Crippen LogP contribution in [0.5, 0.6) is 6.01 Å². The Morgan fingerprint density at radius 2 is 2.11 bits per heavy atom. The summed E-state index contributed by atoms with van der Waals surface area (Å²) >= 11 is 7.78. The number of thioether (sulfide) groups is 1. The van der Waals surface area contributed by atoms with Crippen LogP contribution in [-0.4, -0.2) is 38.6 Å². The lowest BCUT2D eigenvalue weighted by molar-refractivity contribution is 0.222. The minimum Gasteiger partial charge on any atom is -0.461 e. The first kappa shape index (κ1) is 14.7. The maximum Gasteiger partial charge on any atom is 0.322 e. The third kappa shape index (κ3) is 3.86. The number of halogens is 1. The van der Waals surface area contributed by atoms with Crippen LogP contribution in [0, 0.1) is 0 Å². The largest absolute Gasteiger partial charge is 0.461 e. The molecule has 1 heterocycles. The van der Waals surface area contributed by atoms with Crippen molar-refractivity contribution in [1.29, 1.82) is 0 Å². The van der Waals surface area contributed by atoms with Crippen molar-refractivity contribution in [1.82, 2.24) is 15.0 Å². The quantitative estimate of drug-likeness (QED) is 0.871. The first-order valence-electron chi connectivity index (χ1n) is 6.40. The second kappa shape index (κ2) is 6.13. The Kier molecular flexibility index (Phi) is 4.73. The summed E-state index contributed by atoms with van der Waals surface area (Å²) < 4.78 is 5.76. The first-order chi connectivity index (χ1) is 9.03. The van der Waals surface area contributed by atoms with E-state index >= 15 is 0 Å². The van der Waals surface area contributed by atoms with Crippen molar-refractivity contribution in [3.8, 4) is 6.01 Å². The lowest BCUT2D eigenvalue weighted by Crippen LogP contribution is -2.40. The first-order valence-corrected chi connectivity index (χ1v) is 8.00. The van der Waals surface area contributed by atoms with Crippen LogP contribution in [0.1, 0.15) is 33.1 Å². The van der Waals surface area contributed by atoms with Gasteiger partial charge in [0.25, 0.3) is 0 Å². The average Bonchev–Trinajstić information content (AvgIpc) is 2.26. The van der Waals surface area contributed by atoms with Crippen molar-refractivity contribution in [2.45, 2.75) is 44.0 Å². The number of anilines is 1. The van der Waals surface area contributed by atoms with Gasteiger partial charge in [0.2, 0.25) is 11.2 Å². The van der Waals surface area contributed by atoms with Gasteiger partial charge in [0.05, 0.1) is 6.10 Å². The third-order valence-corrected chi connectivity index (χ3v) is 4.78. The zero-order valence-electron chi connectivity index (χ0n) is 11.4. The van der Waals surface area contributed by atoms with Crippen LogP contribution in [0.4, 0.5) is 5.95 Å². The summed E-state index contributed by atoms with van der Waals surface area (Å²) in [5, 5.41) is 3.40. The molecule has 1 aromatic rings. The minimum atomic E-state index is 0.00971. The van der Waals surface area contributed by atoms with Crippen LogP contribution in [-0.2, 0) is 0 Å². The van der Waals surface area contributed by atoms with Crippen LogP contribution < -0.4 is 10.1 Å². The predicted octanol–water partition coefficient (Wildman–Crippen LogP) is 3.01. The minimum absolute atomic E-state index is 0.00971. The van der Waals surface area contributed by atoms with Gasteiger partial charge >= 0.3 is 6.01 Å². The molecule has 0 radical (unpaired) electrons. The fraction of sp³-hybridized carbons (Fsp3) is 0.750. The molecule has 0 bridgehead atoms. The number of ether oxygens (including phenoxy) is 1. The van der Waals surface area contributed by atoms with Crippen molar-refractivity contribution in [2.75, 3.05) is 18.1 Å². The van der Waals surface area contributed by atoms with Gasteiger partial charge in [0.15, 0.2) is 0 Å². The van der Waals surface area contributed by atoms with Crippen LogP contribution in [0.15, 0.2) is 0 Å².